The van der Waals surface area contributed by atoms with Crippen molar-refractivity contribution < 1.29 is 14.3 Å². The lowest BCUT2D eigenvalue weighted by Gasteiger charge is -2.21. The van der Waals surface area contributed by atoms with Crippen molar-refractivity contribution in [3.05, 3.63) is 23.8 Å². The molecule has 0 atom stereocenters. The molecule has 0 saturated carbocycles. The number of ether oxygens (including phenoxy) is 2. The summed E-state index contributed by atoms with van der Waals surface area (Å²) in [6, 6.07) is 5.97. The number of hydrogen-bond donors (Lipinski definition) is 3. The van der Waals surface area contributed by atoms with Gasteiger partial charge in [0.25, 0.3) is 0 Å². The second-order valence-corrected chi connectivity index (χ2v) is 6.52. The predicted molar refractivity (Wildman–Crippen MR) is 98.1 cm³/mol. The first-order valence-electron chi connectivity index (χ1n) is 8.59. The summed E-state index contributed by atoms with van der Waals surface area (Å²) in [6.45, 7) is 7.96. The zero-order chi connectivity index (χ0) is 18.3. The molecule has 1 aliphatic rings. The lowest BCUT2D eigenvalue weighted by molar-refractivity contribution is -0.128. The van der Waals surface area contributed by atoms with Crippen molar-refractivity contribution >= 4 is 11.9 Å². The zero-order valence-corrected chi connectivity index (χ0v) is 15.4. The Bertz CT molecular complexity index is 629. The summed E-state index contributed by atoms with van der Waals surface area (Å²) < 4.78 is 10.7. The fraction of sp³-hybridized carbons (Fsp3) is 0.556. The number of carbonyl (C=O) groups excluding carboxylic acids is 1. The van der Waals surface area contributed by atoms with Crippen LogP contribution in [0.4, 0.5) is 0 Å². The maximum atomic E-state index is 11.9. The first-order valence-corrected chi connectivity index (χ1v) is 8.59. The van der Waals surface area contributed by atoms with Crippen LogP contribution >= 0.6 is 0 Å². The Hall–Kier alpha value is -2.44. The molecule has 25 heavy (non-hydrogen) atoms. The predicted octanol–water partition coefficient (Wildman–Crippen LogP) is 1.29. The van der Waals surface area contributed by atoms with E-state index in [-0.39, 0.29) is 12.7 Å². The van der Waals surface area contributed by atoms with Gasteiger partial charge in [-0.2, -0.15) is 0 Å². The Kier molecular flexibility index (Phi) is 6.50. The first-order chi connectivity index (χ1) is 12.0. The average Bonchev–Trinajstić information content (AvgIpc) is 3.06. The Labute approximate surface area is 149 Å². The quantitative estimate of drug-likeness (QED) is 0.511. The van der Waals surface area contributed by atoms with E-state index >= 15 is 0 Å². The van der Waals surface area contributed by atoms with E-state index in [1.54, 1.807) is 7.05 Å². The SMILES string of the molecule is CCNC(=NCC(C)(C)C(=O)NC)NCCc1ccc2c(c1)OCO2. The van der Waals surface area contributed by atoms with Crippen molar-refractivity contribution in [2.45, 2.75) is 27.2 Å². The van der Waals surface area contributed by atoms with Crippen LogP contribution in [-0.2, 0) is 11.2 Å². The molecule has 0 aromatic heterocycles. The summed E-state index contributed by atoms with van der Waals surface area (Å²) >= 11 is 0. The number of guanidine groups is 1. The minimum absolute atomic E-state index is 0.0209. The van der Waals surface area contributed by atoms with Crippen LogP contribution in [0.1, 0.15) is 26.3 Å². The lowest BCUT2D eigenvalue weighted by Crippen LogP contribution is -2.41. The molecule has 0 unspecified atom stereocenters. The van der Waals surface area contributed by atoms with E-state index in [0.29, 0.717) is 12.5 Å². The highest BCUT2D eigenvalue weighted by Gasteiger charge is 2.26. The summed E-state index contributed by atoms with van der Waals surface area (Å²) in [4.78, 5) is 16.4. The third kappa shape index (κ3) is 5.27. The van der Waals surface area contributed by atoms with Gasteiger partial charge in [-0.15, -0.1) is 0 Å². The van der Waals surface area contributed by atoms with Gasteiger partial charge in [-0.05, 0) is 44.9 Å². The number of carbonyl (C=O) groups is 1. The number of nitrogens with zero attached hydrogens (tertiary/aromatic N) is 1. The third-order valence-corrected chi connectivity index (χ3v) is 3.96. The molecule has 0 radical (unpaired) electrons. The second-order valence-electron chi connectivity index (χ2n) is 6.52. The highest BCUT2D eigenvalue weighted by molar-refractivity contribution is 5.83. The van der Waals surface area contributed by atoms with Gasteiger partial charge in [-0.25, -0.2) is 0 Å². The minimum Gasteiger partial charge on any atom is -0.454 e. The number of nitrogens with one attached hydrogen (secondary N) is 3. The van der Waals surface area contributed by atoms with Crippen LogP contribution in [-0.4, -0.2) is 45.3 Å². The number of fused-ring (bicyclic) bond motifs is 1. The lowest BCUT2D eigenvalue weighted by atomic mass is 9.93. The Morgan fingerprint density at radius 2 is 2.00 bits per heavy atom. The molecule has 1 heterocycles. The first kappa shape index (κ1) is 18.9. The summed E-state index contributed by atoms with van der Waals surface area (Å²) in [5, 5.41) is 9.18. The highest BCUT2D eigenvalue weighted by atomic mass is 16.7. The van der Waals surface area contributed by atoms with Gasteiger partial charge >= 0.3 is 0 Å². The molecular weight excluding hydrogens is 320 g/mol. The number of hydrogen-bond acceptors (Lipinski definition) is 4. The van der Waals surface area contributed by atoms with Gasteiger partial charge in [0, 0.05) is 20.1 Å². The maximum Gasteiger partial charge on any atom is 0.231 e. The van der Waals surface area contributed by atoms with Gasteiger partial charge in [0.15, 0.2) is 17.5 Å². The van der Waals surface area contributed by atoms with Crippen LogP contribution in [0.25, 0.3) is 0 Å². The smallest absolute Gasteiger partial charge is 0.231 e. The Morgan fingerprint density at radius 3 is 2.72 bits per heavy atom. The van der Waals surface area contributed by atoms with E-state index in [1.807, 2.05) is 39.0 Å². The number of aliphatic imine (C=N–C) groups is 1. The molecule has 0 spiro atoms. The van der Waals surface area contributed by atoms with Crippen molar-refractivity contribution in [3.63, 3.8) is 0 Å². The van der Waals surface area contributed by atoms with Crippen molar-refractivity contribution in [2.24, 2.45) is 10.4 Å². The topological polar surface area (TPSA) is 84.0 Å². The number of amides is 1. The van der Waals surface area contributed by atoms with Crippen molar-refractivity contribution in [2.75, 3.05) is 33.5 Å². The number of rotatable bonds is 7. The van der Waals surface area contributed by atoms with Gasteiger partial charge < -0.3 is 25.4 Å². The van der Waals surface area contributed by atoms with Gasteiger partial charge in [0.2, 0.25) is 12.7 Å². The van der Waals surface area contributed by atoms with E-state index in [4.69, 9.17) is 9.47 Å². The maximum absolute atomic E-state index is 11.9. The standard InChI is InChI=1S/C18H28N4O3/c1-5-20-17(22-11-18(2,3)16(23)19-4)21-9-8-13-6-7-14-15(10-13)25-12-24-14/h6-7,10H,5,8-9,11-12H2,1-4H3,(H,19,23)(H2,20,21,22). The van der Waals surface area contributed by atoms with Crippen molar-refractivity contribution in [1.82, 2.24) is 16.0 Å². The van der Waals surface area contributed by atoms with Crippen LogP contribution in [0, 0.1) is 5.41 Å². The molecule has 2 rings (SSSR count). The van der Waals surface area contributed by atoms with Gasteiger partial charge in [0.1, 0.15) is 0 Å². The fourth-order valence-electron chi connectivity index (χ4n) is 2.45. The molecule has 7 heteroatoms. The molecule has 3 N–H and O–H groups in total. The fourth-order valence-corrected chi connectivity index (χ4v) is 2.45. The van der Waals surface area contributed by atoms with E-state index in [0.717, 1.165) is 31.0 Å². The van der Waals surface area contributed by atoms with Crippen LogP contribution < -0.4 is 25.4 Å². The molecular formula is C18H28N4O3. The molecule has 1 aromatic rings. The summed E-state index contributed by atoms with van der Waals surface area (Å²) in [5.41, 5.74) is 0.618. The molecule has 138 valence electrons. The average molecular weight is 348 g/mol. The number of benzene rings is 1. The van der Waals surface area contributed by atoms with Crippen LogP contribution in [0.3, 0.4) is 0 Å². The highest BCUT2D eigenvalue weighted by Crippen LogP contribution is 2.32. The van der Waals surface area contributed by atoms with Gasteiger partial charge in [-0.3, -0.25) is 9.79 Å². The van der Waals surface area contributed by atoms with Gasteiger partial charge in [0.05, 0.1) is 12.0 Å². The molecule has 1 amide bonds. The Balaban J connectivity index is 1.88. The molecule has 0 aliphatic carbocycles. The molecule has 7 nitrogen and oxygen atoms in total. The Morgan fingerprint density at radius 1 is 1.24 bits per heavy atom. The molecule has 0 bridgehead atoms. The monoisotopic (exact) mass is 348 g/mol. The van der Waals surface area contributed by atoms with Gasteiger partial charge in [-0.1, -0.05) is 6.07 Å². The molecule has 1 aromatic carbocycles. The van der Waals surface area contributed by atoms with Crippen LogP contribution in [0.15, 0.2) is 23.2 Å². The van der Waals surface area contributed by atoms with Crippen LogP contribution in [0.2, 0.25) is 0 Å². The largest absolute Gasteiger partial charge is 0.454 e. The molecule has 0 saturated heterocycles. The zero-order valence-electron chi connectivity index (χ0n) is 15.4. The van der Waals surface area contributed by atoms with Crippen molar-refractivity contribution in [1.29, 1.82) is 0 Å². The molecule has 1 aliphatic heterocycles. The van der Waals surface area contributed by atoms with Crippen molar-refractivity contribution in [3.8, 4) is 11.5 Å². The summed E-state index contributed by atoms with van der Waals surface area (Å²) in [6.07, 6.45) is 0.833. The minimum atomic E-state index is -0.547. The van der Waals surface area contributed by atoms with Crippen LogP contribution in [0.5, 0.6) is 11.5 Å². The summed E-state index contributed by atoms with van der Waals surface area (Å²) in [5.74, 6) is 2.28. The normalized spacial score (nSPS) is 13.5. The van der Waals surface area contributed by atoms with E-state index < -0.39 is 5.41 Å². The third-order valence-electron chi connectivity index (χ3n) is 3.96. The summed E-state index contributed by atoms with van der Waals surface area (Å²) in [7, 11) is 1.64. The van der Waals surface area contributed by atoms with E-state index in [2.05, 4.69) is 20.9 Å². The van der Waals surface area contributed by atoms with E-state index in [9.17, 15) is 4.79 Å². The molecule has 0 fully saturated rings. The second kappa shape index (κ2) is 8.60. The van der Waals surface area contributed by atoms with E-state index in [1.165, 1.54) is 5.56 Å².